The third-order valence-electron chi connectivity index (χ3n) is 3.51. The molecule has 2 fully saturated rings. The molecular weight excluding hydrogens is 192 g/mol. The highest BCUT2D eigenvalue weighted by Crippen LogP contribution is 2.53. The molecule has 3 heteroatoms. The van der Waals surface area contributed by atoms with E-state index in [2.05, 4.69) is 0 Å². The first-order valence-corrected chi connectivity index (χ1v) is 5.53. The Kier molecular flexibility index (Phi) is 1.80. The third-order valence-corrected chi connectivity index (χ3v) is 3.51. The van der Waals surface area contributed by atoms with Crippen LogP contribution in [0.3, 0.4) is 0 Å². The average Bonchev–Trinajstić information content (AvgIpc) is 3.14. The van der Waals surface area contributed by atoms with Crippen molar-refractivity contribution in [3.63, 3.8) is 0 Å². The lowest BCUT2D eigenvalue weighted by Gasteiger charge is -2.25. The van der Waals surface area contributed by atoms with Gasteiger partial charge in [0.15, 0.2) is 5.76 Å². The smallest absolute Gasteiger partial charge is 0.229 e. The monoisotopic (exact) mass is 206 g/mol. The molecule has 2 aliphatic carbocycles. The lowest BCUT2D eigenvalue weighted by atomic mass is 9.86. The first-order chi connectivity index (χ1) is 7.23. The van der Waals surface area contributed by atoms with Crippen LogP contribution in [0.15, 0.2) is 22.8 Å². The van der Waals surface area contributed by atoms with Gasteiger partial charge < -0.3 is 9.52 Å². The molecule has 0 radical (unpaired) electrons. The largest absolute Gasteiger partial charge is 0.461 e. The van der Waals surface area contributed by atoms with Crippen LogP contribution < -0.4 is 0 Å². The van der Waals surface area contributed by atoms with Gasteiger partial charge in [-0.15, -0.1) is 0 Å². The molecule has 1 N–H and O–H groups in total. The zero-order valence-electron chi connectivity index (χ0n) is 8.48. The molecule has 1 aromatic heterocycles. The van der Waals surface area contributed by atoms with Gasteiger partial charge in [-0.25, -0.2) is 0 Å². The quantitative estimate of drug-likeness (QED) is 0.767. The number of hydrogen-bond donors (Lipinski definition) is 1. The minimum absolute atomic E-state index is 0.169. The Labute approximate surface area is 88.1 Å². The number of carbonyl (C=O) groups is 1. The first-order valence-electron chi connectivity index (χ1n) is 5.53. The Morgan fingerprint density at radius 1 is 1.33 bits per heavy atom. The van der Waals surface area contributed by atoms with Crippen LogP contribution in [-0.2, 0) is 0 Å². The number of Topliss-reactive ketones (excluding diaryl/α,β-unsaturated/α-hetero) is 1. The SMILES string of the molecule is O=C(c1ccco1)C(O)(C1CC1)C1CC1. The van der Waals surface area contributed by atoms with Crippen LogP contribution >= 0.6 is 0 Å². The second kappa shape index (κ2) is 2.95. The summed E-state index contributed by atoms with van der Waals surface area (Å²) < 4.78 is 5.09. The molecule has 0 aromatic carbocycles. The summed E-state index contributed by atoms with van der Waals surface area (Å²) in [6.45, 7) is 0. The summed E-state index contributed by atoms with van der Waals surface area (Å²) in [7, 11) is 0. The van der Waals surface area contributed by atoms with Crippen molar-refractivity contribution in [1.29, 1.82) is 0 Å². The molecule has 80 valence electrons. The molecule has 0 atom stereocenters. The van der Waals surface area contributed by atoms with Gasteiger partial charge >= 0.3 is 0 Å². The van der Waals surface area contributed by atoms with Crippen molar-refractivity contribution in [3.05, 3.63) is 24.2 Å². The minimum Gasteiger partial charge on any atom is -0.461 e. The summed E-state index contributed by atoms with van der Waals surface area (Å²) >= 11 is 0. The fraction of sp³-hybridized carbons (Fsp3) is 0.583. The van der Waals surface area contributed by atoms with Gasteiger partial charge in [0.25, 0.3) is 0 Å². The van der Waals surface area contributed by atoms with Crippen LogP contribution in [0, 0.1) is 11.8 Å². The van der Waals surface area contributed by atoms with Crippen molar-refractivity contribution < 1.29 is 14.3 Å². The summed E-state index contributed by atoms with van der Waals surface area (Å²) in [6, 6.07) is 3.32. The van der Waals surface area contributed by atoms with Gasteiger partial charge in [-0.05, 0) is 49.7 Å². The fourth-order valence-corrected chi connectivity index (χ4v) is 2.36. The van der Waals surface area contributed by atoms with E-state index in [4.69, 9.17) is 4.42 Å². The standard InChI is InChI=1S/C12H14O3/c13-11(10-2-1-7-15-10)12(14,8-3-4-8)9-5-6-9/h1-2,7-9,14H,3-6H2. The topological polar surface area (TPSA) is 50.4 Å². The van der Waals surface area contributed by atoms with E-state index >= 15 is 0 Å². The van der Waals surface area contributed by atoms with Crippen molar-refractivity contribution in [2.45, 2.75) is 31.3 Å². The number of hydrogen-bond acceptors (Lipinski definition) is 3. The van der Waals surface area contributed by atoms with Crippen molar-refractivity contribution in [2.24, 2.45) is 11.8 Å². The second-order valence-electron chi connectivity index (χ2n) is 4.68. The van der Waals surface area contributed by atoms with E-state index in [0.717, 1.165) is 25.7 Å². The normalized spacial score (nSPS) is 21.7. The number of furan rings is 1. The van der Waals surface area contributed by atoms with Gasteiger partial charge in [0.2, 0.25) is 5.78 Å². The molecule has 0 amide bonds. The van der Waals surface area contributed by atoms with Crippen molar-refractivity contribution in [1.82, 2.24) is 0 Å². The lowest BCUT2D eigenvalue weighted by Crippen LogP contribution is -2.43. The van der Waals surface area contributed by atoms with Crippen molar-refractivity contribution >= 4 is 5.78 Å². The van der Waals surface area contributed by atoms with E-state index in [1.165, 1.54) is 6.26 Å². The van der Waals surface area contributed by atoms with Gasteiger partial charge in [0.05, 0.1) is 6.26 Å². The summed E-state index contributed by atoms with van der Waals surface area (Å²) in [5.41, 5.74) is -1.13. The molecule has 0 unspecified atom stereocenters. The summed E-state index contributed by atoms with van der Waals surface area (Å²) in [5, 5.41) is 10.5. The zero-order chi connectivity index (χ0) is 10.5. The molecule has 1 aromatic rings. The molecule has 15 heavy (non-hydrogen) atoms. The molecule has 3 rings (SSSR count). The van der Waals surface area contributed by atoms with Gasteiger partial charge in [-0.2, -0.15) is 0 Å². The molecule has 0 saturated heterocycles. The van der Waals surface area contributed by atoms with Crippen molar-refractivity contribution in [2.75, 3.05) is 0 Å². The number of aliphatic hydroxyl groups is 1. The Balaban J connectivity index is 1.92. The van der Waals surface area contributed by atoms with Crippen LogP contribution in [0.5, 0.6) is 0 Å². The predicted molar refractivity (Wildman–Crippen MR) is 53.4 cm³/mol. The van der Waals surface area contributed by atoms with E-state index in [1.807, 2.05) is 0 Å². The van der Waals surface area contributed by atoms with E-state index in [0.29, 0.717) is 5.76 Å². The van der Waals surface area contributed by atoms with Gasteiger partial charge in [0.1, 0.15) is 5.60 Å². The fourth-order valence-electron chi connectivity index (χ4n) is 2.36. The Bertz CT molecular complexity index is 360. The van der Waals surface area contributed by atoms with Crippen LogP contribution in [0.25, 0.3) is 0 Å². The second-order valence-corrected chi connectivity index (χ2v) is 4.68. The molecule has 0 spiro atoms. The highest BCUT2D eigenvalue weighted by Gasteiger charge is 2.58. The average molecular weight is 206 g/mol. The molecule has 2 aliphatic rings. The molecule has 3 nitrogen and oxygen atoms in total. The van der Waals surface area contributed by atoms with E-state index in [9.17, 15) is 9.90 Å². The van der Waals surface area contributed by atoms with Gasteiger partial charge in [0, 0.05) is 0 Å². The summed E-state index contributed by atoms with van der Waals surface area (Å²) in [6.07, 6.45) is 5.37. The zero-order valence-corrected chi connectivity index (χ0v) is 8.48. The van der Waals surface area contributed by atoms with Crippen LogP contribution in [0.1, 0.15) is 36.2 Å². The number of rotatable bonds is 4. The maximum Gasteiger partial charge on any atom is 0.229 e. The molecule has 0 aliphatic heterocycles. The molecular formula is C12H14O3. The van der Waals surface area contributed by atoms with Crippen LogP contribution in [-0.4, -0.2) is 16.5 Å². The molecule has 0 bridgehead atoms. The number of carbonyl (C=O) groups excluding carboxylic acids is 1. The van der Waals surface area contributed by atoms with Gasteiger partial charge in [-0.1, -0.05) is 0 Å². The molecule has 1 heterocycles. The Hall–Kier alpha value is -1.09. The highest BCUT2D eigenvalue weighted by atomic mass is 16.3. The van der Waals surface area contributed by atoms with Crippen LogP contribution in [0.4, 0.5) is 0 Å². The highest BCUT2D eigenvalue weighted by molar-refractivity contribution is 6.01. The number of ketones is 1. The minimum atomic E-state index is -1.13. The first kappa shape index (κ1) is 9.16. The Morgan fingerprint density at radius 3 is 2.33 bits per heavy atom. The summed E-state index contributed by atoms with van der Waals surface area (Å²) in [4.78, 5) is 12.1. The summed E-state index contributed by atoms with van der Waals surface area (Å²) in [5.74, 6) is 0.430. The molecule has 2 saturated carbocycles. The van der Waals surface area contributed by atoms with E-state index < -0.39 is 5.60 Å². The third kappa shape index (κ3) is 1.34. The predicted octanol–water partition coefficient (Wildman–Crippen LogP) is 2.01. The van der Waals surface area contributed by atoms with Crippen molar-refractivity contribution in [3.8, 4) is 0 Å². The van der Waals surface area contributed by atoms with E-state index in [-0.39, 0.29) is 17.6 Å². The Morgan fingerprint density at radius 2 is 1.93 bits per heavy atom. The van der Waals surface area contributed by atoms with Gasteiger partial charge in [-0.3, -0.25) is 4.79 Å². The van der Waals surface area contributed by atoms with E-state index in [1.54, 1.807) is 12.1 Å². The lowest BCUT2D eigenvalue weighted by molar-refractivity contribution is 0.00399. The maximum absolute atomic E-state index is 12.1. The van der Waals surface area contributed by atoms with Crippen LogP contribution in [0.2, 0.25) is 0 Å². The maximum atomic E-state index is 12.1.